The number of nitrogens with zero attached hydrogens (tertiary/aromatic N) is 3. The Morgan fingerprint density at radius 1 is 1.35 bits per heavy atom. The van der Waals surface area contributed by atoms with Crippen LogP contribution in [0.25, 0.3) is 0 Å². The zero-order valence-electron chi connectivity index (χ0n) is 13.1. The minimum Gasteiger partial charge on any atom is -0.486 e. The number of amides is 1. The summed E-state index contributed by atoms with van der Waals surface area (Å²) in [5, 5.41) is 4.58. The van der Waals surface area contributed by atoms with E-state index in [1.807, 2.05) is 19.3 Å². The third-order valence-corrected chi connectivity index (χ3v) is 3.90. The Labute approximate surface area is 139 Å². The van der Waals surface area contributed by atoms with Gasteiger partial charge in [-0.05, 0) is 17.7 Å². The summed E-state index contributed by atoms with van der Waals surface area (Å²) >= 11 is 6.20. The van der Waals surface area contributed by atoms with Gasteiger partial charge in [-0.3, -0.25) is 9.48 Å². The van der Waals surface area contributed by atoms with Crippen LogP contribution in [-0.2, 0) is 24.8 Å². The molecule has 1 amide bonds. The standard InChI is InChI=1S/C16H18ClN3O3/c1-19(9-12-8-18-20(2)10-12)15(21)7-11-5-13(17)16-14(6-11)22-3-4-23-16/h5-6,8,10H,3-4,7,9H2,1-2H3. The number of halogens is 1. The molecule has 1 aromatic carbocycles. The highest BCUT2D eigenvalue weighted by molar-refractivity contribution is 6.32. The number of hydrogen-bond donors (Lipinski definition) is 0. The van der Waals surface area contributed by atoms with Crippen molar-refractivity contribution in [3.8, 4) is 11.5 Å². The molecule has 6 nitrogen and oxygen atoms in total. The van der Waals surface area contributed by atoms with Gasteiger partial charge in [0.1, 0.15) is 13.2 Å². The van der Waals surface area contributed by atoms with Crippen LogP contribution in [0.2, 0.25) is 5.02 Å². The first-order chi connectivity index (χ1) is 11.0. The fourth-order valence-electron chi connectivity index (χ4n) is 2.49. The molecule has 1 aromatic heterocycles. The summed E-state index contributed by atoms with van der Waals surface area (Å²) in [6.45, 7) is 1.49. The van der Waals surface area contributed by atoms with Gasteiger partial charge in [0.25, 0.3) is 0 Å². The maximum absolute atomic E-state index is 12.4. The first-order valence-electron chi connectivity index (χ1n) is 7.32. The van der Waals surface area contributed by atoms with Crippen LogP contribution < -0.4 is 9.47 Å². The van der Waals surface area contributed by atoms with Gasteiger partial charge in [-0.1, -0.05) is 11.6 Å². The normalized spacial score (nSPS) is 13.0. The van der Waals surface area contributed by atoms with E-state index in [-0.39, 0.29) is 12.3 Å². The monoisotopic (exact) mass is 335 g/mol. The molecular formula is C16H18ClN3O3. The molecule has 0 N–H and O–H groups in total. The van der Waals surface area contributed by atoms with E-state index < -0.39 is 0 Å². The van der Waals surface area contributed by atoms with Crippen LogP contribution in [0.5, 0.6) is 11.5 Å². The van der Waals surface area contributed by atoms with Gasteiger partial charge in [0, 0.05) is 32.4 Å². The van der Waals surface area contributed by atoms with Crippen molar-refractivity contribution in [2.45, 2.75) is 13.0 Å². The molecule has 0 radical (unpaired) electrons. The molecule has 7 heteroatoms. The summed E-state index contributed by atoms with van der Waals surface area (Å²) < 4.78 is 12.7. The second-order valence-corrected chi connectivity index (χ2v) is 5.96. The molecule has 1 aliphatic rings. The Kier molecular flexibility index (Phi) is 4.43. The fourth-order valence-corrected chi connectivity index (χ4v) is 2.78. The molecule has 0 aliphatic carbocycles. The highest BCUT2D eigenvalue weighted by atomic mass is 35.5. The minimum absolute atomic E-state index is 0.00148. The molecular weight excluding hydrogens is 318 g/mol. The van der Waals surface area contributed by atoms with E-state index in [9.17, 15) is 4.79 Å². The van der Waals surface area contributed by atoms with E-state index in [4.69, 9.17) is 21.1 Å². The molecule has 0 atom stereocenters. The fraction of sp³-hybridized carbons (Fsp3) is 0.375. The average molecular weight is 336 g/mol. The number of likely N-dealkylation sites (N-methyl/N-ethyl adjacent to an activating group) is 1. The van der Waals surface area contributed by atoms with Crippen molar-refractivity contribution in [2.24, 2.45) is 7.05 Å². The Morgan fingerprint density at radius 2 is 2.13 bits per heavy atom. The van der Waals surface area contributed by atoms with Crippen molar-refractivity contribution in [3.63, 3.8) is 0 Å². The van der Waals surface area contributed by atoms with E-state index in [1.54, 1.807) is 28.9 Å². The predicted molar refractivity (Wildman–Crippen MR) is 85.8 cm³/mol. The zero-order valence-corrected chi connectivity index (χ0v) is 13.8. The number of carbonyl (C=O) groups excluding carboxylic acids is 1. The smallest absolute Gasteiger partial charge is 0.227 e. The number of benzene rings is 1. The highest BCUT2D eigenvalue weighted by Crippen LogP contribution is 2.38. The van der Waals surface area contributed by atoms with Gasteiger partial charge in [-0.2, -0.15) is 5.10 Å². The maximum atomic E-state index is 12.4. The lowest BCUT2D eigenvalue weighted by molar-refractivity contribution is -0.129. The van der Waals surface area contributed by atoms with E-state index in [0.29, 0.717) is 36.3 Å². The molecule has 1 aliphatic heterocycles. The first-order valence-corrected chi connectivity index (χ1v) is 7.70. The van der Waals surface area contributed by atoms with Gasteiger partial charge in [0.2, 0.25) is 5.91 Å². The van der Waals surface area contributed by atoms with E-state index >= 15 is 0 Å². The minimum atomic E-state index is 0.00148. The van der Waals surface area contributed by atoms with E-state index in [1.165, 1.54) is 0 Å². The van der Waals surface area contributed by atoms with Crippen LogP contribution in [0.3, 0.4) is 0 Å². The summed E-state index contributed by atoms with van der Waals surface area (Å²) in [6, 6.07) is 3.57. The van der Waals surface area contributed by atoms with Gasteiger partial charge in [0.15, 0.2) is 11.5 Å². The summed E-state index contributed by atoms with van der Waals surface area (Å²) in [7, 11) is 3.62. The molecule has 3 rings (SSSR count). The molecule has 0 saturated carbocycles. The Bertz CT molecular complexity index is 729. The summed E-state index contributed by atoms with van der Waals surface area (Å²) in [5.74, 6) is 1.15. The molecule has 2 aromatic rings. The molecule has 0 spiro atoms. The topological polar surface area (TPSA) is 56.6 Å². The van der Waals surface area contributed by atoms with Crippen molar-refractivity contribution in [1.29, 1.82) is 0 Å². The van der Waals surface area contributed by atoms with Gasteiger partial charge < -0.3 is 14.4 Å². The number of carbonyl (C=O) groups is 1. The summed E-state index contributed by atoms with van der Waals surface area (Å²) in [6.07, 6.45) is 3.91. The SMILES string of the molecule is CN(Cc1cnn(C)c1)C(=O)Cc1cc(Cl)c2c(c1)OCCO2. The number of aromatic nitrogens is 2. The summed E-state index contributed by atoms with van der Waals surface area (Å²) in [5.41, 5.74) is 1.80. The van der Waals surface area contributed by atoms with Crippen molar-refractivity contribution in [3.05, 3.63) is 40.7 Å². The Hall–Kier alpha value is -2.21. The van der Waals surface area contributed by atoms with E-state index in [2.05, 4.69) is 5.10 Å². The number of aryl methyl sites for hydroxylation is 1. The quantitative estimate of drug-likeness (QED) is 0.858. The molecule has 0 unspecified atom stereocenters. The lowest BCUT2D eigenvalue weighted by Crippen LogP contribution is -2.27. The zero-order chi connectivity index (χ0) is 16.4. The van der Waals surface area contributed by atoms with Gasteiger partial charge in [-0.15, -0.1) is 0 Å². The maximum Gasteiger partial charge on any atom is 0.227 e. The van der Waals surface area contributed by atoms with Crippen molar-refractivity contribution < 1.29 is 14.3 Å². The van der Waals surface area contributed by atoms with Crippen LogP contribution in [0.4, 0.5) is 0 Å². The van der Waals surface area contributed by atoms with Crippen molar-refractivity contribution >= 4 is 17.5 Å². The number of rotatable bonds is 4. The molecule has 2 heterocycles. The highest BCUT2D eigenvalue weighted by Gasteiger charge is 2.19. The van der Waals surface area contributed by atoms with Crippen LogP contribution in [0.1, 0.15) is 11.1 Å². The second kappa shape index (κ2) is 6.50. The third kappa shape index (κ3) is 3.59. The number of hydrogen-bond acceptors (Lipinski definition) is 4. The van der Waals surface area contributed by atoms with Gasteiger partial charge >= 0.3 is 0 Å². The number of fused-ring (bicyclic) bond motifs is 1. The van der Waals surface area contributed by atoms with Crippen LogP contribution >= 0.6 is 11.6 Å². The lowest BCUT2D eigenvalue weighted by atomic mass is 10.1. The average Bonchev–Trinajstić information content (AvgIpc) is 2.92. The van der Waals surface area contributed by atoms with Crippen LogP contribution in [0.15, 0.2) is 24.5 Å². The summed E-state index contributed by atoms with van der Waals surface area (Å²) in [4.78, 5) is 14.1. The molecule has 0 bridgehead atoms. The largest absolute Gasteiger partial charge is 0.486 e. The predicted octanol–water partition coefficient (Wildman–Crippen LogP) is 2.05. The number of ether oxygens (including phenoxy) is 2. The first kappa shape index (κ1) is 15.7. The molecule has 0 saturated heterocycles. The van der Waals surface area contributed by atoms with Crippen molar-refractivity contribution in [2.75, 3.05) is 20.3 Å². The molecule has 122 valence electrons. The lowest BCUT2D eigenvalue weighted by Gasteiger charge is -2.21. The van der Waals surface area contributed by atoms with Crippen molar-refractivity contribution in [1.82, 2.24) is 14.7 Å². The van der Waals surface area contributed by atoms with Crippen LogP contribution in [0, 0.1) is 0 Å². The van der Waals surface area contributed by atoms with Crippen LogP contribution in [-0.4, -0.2) is 40.8 Å². The Balaban J connectivity index is 1.68. The molecule has 0 fully saturated rings. The van der Waals surface area contributed by atoms with Gasteiger partial charge in [0.05, 0.1) is 17.6 Å². The Morgan fingerprint density at radius 3 is 2.87 bits per heavy atom. The second-order valence-electron chi connectivity index (χ2n) is 5.55. The third-order valence-electron chi connectivity index (χ3n) is 3.62. The van der Waals surface area contributed by atoms with Gasteiger partial charge in [-0.25, -0.2) is 0 Å². The van der Waals surface area contributed by atoms with E-state index in [0.717, 1.165) is 11.1 Å². The molecule has 23 heavy (non-hydrogen) atoms.